The minimum absolute atomic E-state index is 0.121. The Kier molecular flexibility index (Phi) is 5.66. The number of hydrogen-bond donors (Lipinski definition) is 1. The summed E-state index contributed by atoms with van der Waals surface area (Å²) in [5.41, 5.74) is -0.0266. The Morgan fingerprint density at radius 2 is 1.75 bits per heavy atom. The molecule has 3 aliphatic heterocycles. The van der Waals surface area contributed by atoms with Crippen LogP contribution < -0.4 is 9.64 Å². The average molecular weight is 587 g/mol. The van der Waals surface area contributed by atoms with Crippen LogP contribution in [0.2, 0.25) is 0 Å². The highest BCUT2D eigenvalue weighted by atomic mass is 16.6. The average Bonchev–Trinajstić information content (AvgIpc) is 3.74. The lowest BCUT2D eigenvalue weighted by molar-refractivity contribution is -0.134. The van der Waals surface area contributed by atoms with Gasteiger partial charge in [0.15, 0.2) is 5.65 Å². The molecule has 3 fully saturated rings. The molecule has 0 spiro atoms. The molecule has 2 aromatic heterocycles. The highest BCUT2D eigenvalue weighted by molar-refractivity contribution is 6.26. The number of rotatable bonds is 6. The van der Waals surface area contributed by atoms with E-state index in [0.717, 1.165) is 5.69 Å². The number of aliphatic hydroxyl groups excluding tert-OH is 1. The molecule has 0 radical (unpaired) electrons. The van der Waals surface area contributed by atoms with Crippen LogP contribution in [0.25, 0.3) is 27.5 Å². The number of imide groups is 1. The molecule has 44 heavy (non-hydrogen) atoms. The van der Waals surface area contributed by atoms with Gasteiger partial charge in [-0.2, -0.15) is 10.4 Å². The van der Waals surface area contributed by atoms with Crippen LogP contribution in [0.1, 0.15) is 25.3 Å². The number of nitriles is 1. The minimum Gasteiger partial charge on any atom is -0.477 e. The Bertz CT molecular complexity index is 2040. The molecule has 5 atom stereocenters. The van der Waals surface area contributed by atoms with Crippen molar-refractivity contribution in [3.8, 4) is 17.6 Å². The van der Waals surface area contributed by atoms with Crippen LogP contribution in [0.4, 0.5) is 5.69 Å². The molecule has 0 unspecified atom stereocenters. The number of hydrogen-bond acceptors (Lipinski definition) is 9. The van der Waals surface area contributed by atoms with Crippen LogP contribution in [0.3, 0.4) is 0 Å². The smallest absolute Gasteiger partial charge is 0.240 e. The van der Waals surface area contributed by atoms with E-state index in [1.165, 1.54) is 11.2 Å². The predicted molar refractivity (Wildman–Crippen MR) is 158 cm³/mol. The molecule has 218 valence electrons. The van der Waals surface area contributed by atoms with Gasteiger partial charge >= 0.3 is 0 Å². The van der Waals surface area contributed by atoms with Crippen LogP contribution in [-0.4, -0.2) is 60.6 Å². The van der Waals surface area contributed by atoms with Crippen LogP contribution in [0, 0.1) is 23.2 Å². The maximum Gasteiger partial charge on any atom is 0.240 e. The molecule has 3 aromatic carbocycles. The second-order valence-electron chi connectivity index (χ2n) is 11.7. The molecule has 11 heteroatoms. The van der Waals surface area contributed by atoms with Crippen LogP contribution in [0.5, 0.6) is 5.88 Å². The van der Waals surface area contributed by atoms with Crippen LogP contribution >= 0.6 is 0 Å². The van der Waals surface area contributed by atoms with E-state index >= 15 is 0 Å². The number of amides is 2. The molecule has 8 rings (SSSR count). The zero-order valence-electron chi connectivity index (χ0n) is 23.6. The number of aliphatic hydroxyl groups is 1. The van der Waals surface area contributed by atoms with Gasteiger partial charge < -0.3 is 14.6 Å². The summed E-state index contributed by atoms with van der Waals surface area (Å²) in [6.07, 6.45) is 2.57. The molecule has 5 heterocycles. The summed E-state index contributed by atoms with van der Waals surface area (Å²) in [4.78, 5) is 38.2. The standard InChI is InChI=1S/C33H26N6O5/c1-32-25(40)15-33(44-32,13-14-43-29-23-17-37-39(28(23)35-18-36-29)20-7-3-2-4-8-20)27-26(32)30(41)38(31(27)42)24-12-11-19(16-34)21-9-5-6-10-22(21)24/h2-12,17-18,25-27,40H,13-15H2,1H3/t25-,26-,27+,32-,33+/m0/s1. The Hall–Kier alpha value is -5.18. The third-order valence-electron chi connectivity index (χ3n) is 9.47. The van der Waals surface area contributed by atoms with Gasteiger partial charge in [-0.25, -0.2) is 19.5 Å². The second kappa shape index (κ2) is 9.41. The van der Waals surface area contributed by atoms with E-state index in [4.69, 9.17) is 9.47 Å². The SMILES string of the molecule is C[C@]12O[C@](CCOc3ncnc4c3cnn4-c3ccccc3)(C[C@@H]1O)[C@H]1C(=O)N(c3ccc(C#N)c4ccccc34)C(=O)[C@H]12. The zero-order valence-corrected chi connectivity index (χ0v) is 23.6. The second-order valence-corrected chi connectivity index (χ2v) is 11.7. The summed E-state index contributed by atoms with van der Waals surface area (Å²) in [5.74, 6) is -2.11. The van der Waals surface area contributed by atoms with Gasteiger partial charge in [-0.3, -0.25) is 9.59 Å². The van der Waals surface area contributed by atoms with Gasteiger partial charge in [0.1, 0.15) is 17.3 Å². The molecule has 2 amide bonds. The summed E-state index contributed by atoms with van der Waals surface area (Å²) >= 11 is 0. The molecule has 5 aromatic rings. The van der Waals surface area contributed by atoms with Crippen molar-refractivity contribution in [2.45, 2.75) is 37.1 Å². The van der Waals surface area contributed by atoms with Crippen LogP contribution in [0.15, 0.2) is 79.3 Å². The van der Waals surface area contributed by atoms with E-state index in [9.17, 15) is 20.0 Å². The number of nitrogens with zero attached hydrogens (tertiary/aromatic N) is 6. The number of para-hydroxylation sites is 1. The van der Waals surface area contributed by atoms with Gasteiger partial charge in [0.25, 0.3) is 0 Å². The first-order valence-electron chi connectivity index (χ1n) is 14.4. The topological polar surface area (TPSA) is 143 Å². The van der Waals surface area contributed by atoms with E-state index in [1.807, 2.05) is 42.5 Å². The lowest BCUT2D eigenvalue weighted by Gasteiger charge is -2.33. The molecule has 2 bridgehead atoms. The van der Waals surface area contributed by atoms with E-state index in [0.29, 0.717) is 38.9 Å². The summed E-state index contributed by atoms with van der Waals surface area (Å²) in [6, 6.07) is 22.3. The van der Waals surface area contributed by atoms with Gasteiger partial charge in [0.2, 0.25) is 17.7 Å². The fourth-order valence-electron chi connectivity index (χ4n) is 7.45. The Balaban J connectivity index is 1.10. The fraction of sp³-hybridized carbons (Fsp3) is 0.273. The lowest BCUT2D eigenvalue weighted by atomic mass is 9.66. The van der Waals surface area contributed by atoms with Crippen molar-refractivity contribution in [2.24, 2.45) is 11.8 Å². The third kappa shape index (κ3) is 3.52. The van der Waals surface area contributed by atoms with Crippen molar-refractivity contribution in [3.05, 3.63) is 84.8 Å². The molecular weight excluding hydrogens is 560 g/mol. The number of ether oxygens (including phenoxy) is 2. The van der Waals surface area contributed by atoms with E-state index < -0.39 is 35.0 Å². The van der Waals surface area contributed by atoms with Crippen LogP contribution in [-0.2, 0) is 14.3 Å². The first kappa shape index (κ1) is 26.4. The van der Waals surface area contributed by atoms with Gasteiger partial charge in [0, 0.05) is 23.6 Å². The zero-order chi connectivity index (χ0) is 30.2. The molecule has 3 aliphatic rings. The number of fused-ring (bicyclic) bond motifs is 7. The van der Waals surface area contributed by atoms with Gasteiger partial charge in [-0.05, 0) is 31.2 Å². The third-order valence-corrected chi connectivity index (χ3v) is 9.47. The quantitative estimate of drug-likeness (QED) is 0.295. The van der Waals surface area contributed by atoms with Crippen molar-refractivity contribution in [1.29, 1.82) is 5.26 Å². The molecule has 3 saturated heterocycles. The van der Waals surface area contributed by atoms with E-state index in [2.05, 4.69) is 21.1 Å². The molecule has 11 nitrogen and oxygen atoms in total. The van der Waals surface area contributed by atoms with Crippen molar-refractivity contribution in [1.82, 2.24) is 19.7 Å². The van der Waals surface area contributed by atoms with Gasteiger partial charge in [-0.15, -0.1) is 0 Å². The number of aromatic nitrogens is 4. The van der Waals surface area contributed by atoms with E-state index in [1.54, 1.807) is 42.1 Å². The monoisotopic (exact) mass is 586 g/mol. The molecule has 1 N–H and O–H groups in total. The maximum atomic E-state index is 14.2. The highest BCUT2D eigenvalue weighted by Gasteiger charge is 2.77. The number of carbonyl (C=O) groups is 2. The van der Waals surface area contributed by atoms with Gasteiger partial charge in [-0.1, -0.05) is 42.5 Å². The molecule has 0 aliphatic carbocycles. The highest BCUT2D eigenvalue weighted by Crippen LogP contribution is 2.62. The minimum atomic E-state index is -1.23. The summed E-state index contributed by atoms with van der Waals surface area (Å²) in [5, 5.41) is 27.1. The Morgan fingerprint density at radius 3 is 2.55 bits per heavy atom. The normalized spacial score (nSPS) is 27.3. The summed E-state index contributed by atoms with van der Waals surface area (Å²) in [6.45, 7) is 1.83. The summed E-state index contributed by atoms with van der Waals surface area (Å²) < 4.78 is 14.3. The lowest BCUT2D eigenvalue weighted by Crippen LogP contribution is -2.49. The first-order chi connectivity index (χ1) is 21.4. The largest absolute Gasteiger partial charge is 0.477 e. The fourth-order valence-corrected chi connectivity index (χ4v) is 7.45. The number of anilines is 1. The Morgan fingerprint density at radius 1 is 1.00 bits per heavy atom. The number of carbonyl (C=O) groups excluding carboxylic acids is 2. The Labute approximate surface area is 251 Å². The maximum absolute atomic E-state index is 14.2. The van der Waals surface area contributed by atoms with E-state index in [-0.39, 0.29) is 25.4 Å². The van der Waals surface area contributed by atoms with Crippen molar-refractivity contribution < 1.29 is 24.2 Å². The predicted octanol–water partition coefficient (Wildman–Crippen LogP) is 3.71. The first-order valence-corrected chi connectivity index (χ1v) is 14.4. The van der Waals surface area contributed by atoms with Crippen molar-refractivity contribution >= 4 is 39.3 Å². The van der Waals surface area contributed by atoms with Gasteiger partial charge in [0.05, 0.1) is 59.4 Å². The summed E-state index contributed by atoms with van der Waals surface area (Å²) in [7, 11) is 0. The molecule has 0 saturated carbocycles. The van der Waals surface area contributed by atoms with Crippen molar-refractivity contribution in [3.63, 3.8) is 0 Å². The molecular formula is C33H26N6O5. The number of benzene rings is 3. The van der Waals surface area contributed by atoms with Crippen molar-refractivity contribution in [2.75, 3.05) is 11.5 Å².